The van der Waals surface area contributed by atoms with Gasteiger partial charge in [-0.15, -0.1) is 0 Å². The summed E-state index contributed by atoms with van der Waals surface area (Å²) in [6, 6.07) is 7.78. The predicted octanol–water partition coefficient (Wildman–Crippen LogP) is 3.41. The molecule has 0 bridgehead atoms. The first-order valence-corrected chi connectivity index (χ1v) is 11.2. The fourth-order valence-electron chi connectivity index (χ4n) is 4.18. The lowest BCUT2D eigenvalue weighted by Gasteiger charge is -2.32. The highest BCUT2D eigenvalue weighted by Gasteiger charge is 2.24. The minimum atomic E-state index is 0.00661. The van der Waals surface area contributed by atoms with E-state index in [1.165, 1.54) is 18.7 Å². The Morgan fingerprint density at radius 2 is 1.97 bits per heavy atom. The van der Waals surface area contributed by atoms with Crippen LogP contribution >= 0.6 is 0 Å². The van der Waals surface area contributed by atoms with E-state index in [0.29, 0.717) is 26.2 Å². The third-order valence-corrected chi connectivity index (χ3v) is 5.79. The van der Waals surface area contributed by atoms with Crippen molar-refractivity contribution < 1.29 is 14.3 Å². The molecule has 2 amide bonds. The number of amides is 2. The number of urea groups is 1. The second kappa shape index (κ2) is 9.87. The molecular weight excluding hydrogens is 380 g/mol. The van der Waals surface area contributed by atoms with Crippen LogP contribution in [0.3, 0.4) is 0 Å². The number of likely N-dealkylation sites (tertiary alicyclic amines) is 1. The Morgan fingerprint density at radius 3 is 2.73 bits per heavy atom. The zero-order valence-electron chi connectivity index (χ0n) is 17.8. The second-order valence-corrected chi connectivity index (χ2v) is 7.96. The average molecular weight is 413 g/mol. The minimum Gasteiger partial charge on any atom is -0.490 e. The fraction of sp³-hybridized carbons (Fsp3) is 0.565. The summed E-state index contributed by atoms with van der Waals surface area (Å²) < 4.78 is 14.1. The number of carbonyl (C=O) groups is 1. The van der Waals surface area contributed by atoms with Crippen molar-refractivity contribution in [3.05, 3.63) is 42.0 Å². The molecule has 2 aliphatic heterocycles. The molecule has 4 rings (SSSR count). The molecule has 1 aromatic heterocycles. The summed E-state index contributed by atoms with van der Waals surface area (Å²) >= 11 is 0. The molecule has 0 unspecified atom stereocenters. The number of aryl methyl sites for hydroxylation is 2. The molecule has 30 heavy (non-hydrogen) atoms. The highest BCUT2D eigenvalue weighted by molar-refractivity contribution is 5.74. The molecule has 1 fully saturated rings. The van der Waals surface area contributed by atoms with E-state index in [-0.39, 0.29) is 12.1 Å². The molecule has 162 valence electrons. The zero-order chi connectivity index (χ0) is 20.8. The summed E-state index contributed by atoms with van der Waals surface area (Å²) in [5, 5.41) is 3.05. The Labute approximate surface area is 178 Å². The highest BCUT2D eigenvalue weighted by Crippen LogP contribution is 2.29. The maximum atomic E-state index is 12.5. The monoisotopic (exact) mass is 412 g/mol. The quantitative estimate of drug-likeness (QED) is 0.757. The van der Waals surface area contributed by atoms with E-state index in [1.807, 2.05) is 36.1 Å². The van der Waals surface area contributed by atoms with Crippen LogP contribution in [0.2, 0.25) is 0 Å². The van der Waals surface area contributed by atoms with Gasteiger partial charge >= 0.3 is 6.03 Å². The molecule has 1 saturated heterocycles. The number of fused-ring (bicyclic) bond motifs is 1. The maximum Gasteiger partial charge on any atom is 0.317 e. The van der Waals surface area contributed by atoms with Gasteiger partial charge in [-0.05, 0) is 31.9 Å². The fourth-order valence-corrected chi connectivity index (χ4v) is 4.18. The number of para-hydroxylation sites is 2. The molecule has 3 heterocycles. The normalized spacial score (nSPS) is 16.8. The molecule has 7 heteroatoms. The first kappa shape index (κ1) is 20.6. The summed E-state index contributed by atoms with van der Waals surface area (Å²) in [6.07, 6.45) is 8.19. The van der Waals surface area contributed by atoms with Crippen molar-refractivity contribution in [1.29, 1.82) is 0 Å². The van der Waals surface area contributed by atoms with Gasteiger partial charge in [-0.1, -0.05) is 12.1 Å². The Balaban J connectivity index is 1.19. The summed E-state index contributed by atoms with van der Waals surface area (Å²) in [7, 11) is 0. The van der Waals surface area contributed by atoms with Crippen LogP contribution in [0.4, 0.5) is 4.79 Å². The molecular formula is C23H32N4O3. The van der Waals surface area contributed by atoms with Crippen molar-refractivity contribution in [1.82, 2.24) is 19.8 Å². The van der Waals surface area contributed by atoms with Gasteiger partial charge in [0.2, 0.25) is 0 Å². The number of nitrogens with one attached hydrogen (secondary N) is 1. The molecule has 2 aromatic rings. The van der Waals surface area contributed by atoms with Gasteiger partial charge in [-0.2, -0.15) is 0 Å². The SMILES string of the molecule is CCOc1ccccc1OC1CCN(C(=O)NCCc2cn3c(n2)CCCC3)CC1. The summed E-state index contributed by atoms with van der Waals surface area (Å²) in [6.45, 7) is 5.67. The van der Waals surface area contributed by atoms with Crippen molar-refractivity contribution in [3.8, 4) is 11.5 Å². The van der Waals surface area contributed by atoms with Gasteiger partial charge in [0.15, 0.2) is 11.5 Å². The Morgan fingerprint density at radius 1 is 1.17 bits per heavy atom. The van der Waals surface area contributed by atoms with E-state index in [9.17, 15) is 4.79 Å². The number of ether oxygens (including phenoxy) is 2. The van der Waals surface area contributed by atoms with E-state index in [0.717, 1.165) is 49.4 Å². The number of hydrogen-bond donors (Lipinski definition) is 1. The lowest BCUT2D eigenvalue weighted by atomic mass is 10.1. The highest BCUT2D eigenvalue weighted by atomic mass is 16.5. The van der Waals surface area contributed by atoms with Gasteiger partial charge in [0.05, 0.1) is 12.3 Å². The zero-order valence-corrected chi connectivity index (χ0v) is 17.8. The lowest BCUT2D eigenvalue weighted by Crippen LogP contribution is -2.46. The van der Waals surface area contributed by atoms with Gasteiger partial charge in [-0.3, -0.25) is 0 Å². The summed E-state index contributed by atoms with van der Waals surface area (Å²) in [5.74, 6) is 2.75. The van der Waals surface area contributed by atoms with Crippen molar-refractivity contribution >= 4 is 6.03 Å². The van der Waals surface area contributed by atoms with Gasteiger partial charge in [0, 0.05) is 58.1 Å². The number of piperidine rings is 1. The first-order valence-electron chi connectivity index (χ1n) is 11.2. The molecule has 7 nitrogen and oxygen atoms in total. The van der Waals surface area contributed by atoms with Crippen LogP contribution < -0.4 is 14.8 Å². The van der Waals surface area contributed by atoms with E-state index in [4.69, 9.17) is 14.5 Å². The molecule has 0 saturated carbocycles. The molecule has 1 N–H and O–H groups in total. The molecule has 0 spiro atoms. The number of nitrogens with zero attached hydrogens (tertiary/aromatic N) is 3. The van der Waals surface area contributed by atoms with Gasteiger partial charge in [-0.25, -0.2) is 9.78 Å². The third kappa shape index (κ3) is 5.07. The van der Waals surface area contributed by atoms with Crippen molar-refractivity contribution in [2.75, 3.05) is 26.2 Å². The van der Waals surface area contributed by atoms with Crippen LogP contribution in [0, 0.1) is 0 Å². The van der Waals surface area contributed by atoms with Crippen molar-refractivity contribution in [3.63, 3.8) is 0 Å². The van der Waals surface area contributed by atoms with Crippen LogP contribution in [-0.4, -0.2) is 52.8 Å². The molecule has 0 radical (unpaired) electrons. The van der Waals surface area contributed by atoms with Gasteiger partial charge in [0.25, 0.3) is 0 Å². The maximum absolute atomic E-state index is 12.5. The molecule has 0 aliphatic carbocycles. The van der Waals surface area contributed by atoms with Crippen LogP contribution in [0.5, 0.6) is 11.5 Å². The molecule has 1 aromatic carbocycles. The molecule has 2 aliphatic rings. The van der Waals surface area contributed by atoms with E-state index in [2.05, 4.69) is 16.1 Å². The van der Waals surface area contributed by atoms with Crippen LogP contribution in [0.25, 0.3) is 0 Å². The first-order chi connectivity index (χ1) is 14.7. The Kier molecular flexibility index (Phi) is 6.77. The number of rotatable bonds is 7. The Hall–Kier alpha value is -2.70. The van der Waals surface area contributed by atoms with Crippen LogP contribution in [0.1, 0.15) is 44.1 Å². The van der Waals surface area contributed by atoms with E-state index >= 15 is 0 Å². The largest absolute Gasteiger partial charge is 0.490 e. The molecule has 0 atom stereocenters. The number of imidazole rings is 1. The van der Waals surface area contributed by atoms with Crippen molar-refractivity contribution in [2.24, 2.45) is 0 Å². The second-order valence-electron chi connectivity index (χ2n) is 7.96. The number of carbonyl (C=O) groups excluding carboxylic acids is 1. The average Bonchev–Trinajstić information content (AvgIpc) is 3.18. The standard InChI is InChI=1S/C23H32N4O3/c1-2-29-20-7-3-4-8-21(20)30-19-11-15-26(16-12-19)23(28)24-13-10-18-17-27-14-6-5-9-22(27)25-18/h3-4,7-8,17,19H,2,5-6,9-16H2,1H3,(H,24,28). The summed E-state index contributed by atoms with van der Waals surface area (Å²) in [4.78, 5) is 19.1. The predicted molar refractivity (Wildman–Crippen MR) is 115 cm³/mol. The number of hydrogen-bond acceptors (Lipinski definition) is 4. The minimum absolute atomic E-state index is 0.00661. The number of benzene rings is 1. The lowest BCUT2D eigenvalue weighted by molar-refractivity contribution is 0.107. The Bertz CT molecular complexity index is 819. The van der Waals surface area contributed by atoms with Crippen molar-refractivity contribution in [2.45, 2.75) is 58.1 Å². The number of aromatic nitrogens is 2. The van der Waals surface area contributed by atoms with Gasteiger partial charge < -0.3 is 24.3 Å². The van der Waals surface area contributed by atoms with E-state index < -0.39 is 0 Å². The van der Waals surface area contributed by atoms with Gasteiger partial charge in [0.1, 0.15) is 11.9 Å². The topological polar surface area (TPSA) is 68.6 Å². The third-order valence-electron chi connectivity index (χ3n) is 5.79. The van der Waals surface area contributed by atoms with E-state index in [1.54, 1.807) is 0 Å². The van der Waals surface area contributed by atoms with Crippen LogP contribution in [-0.2, 0) is 19.4 Å². The summed E-state index contributed by atoms with van der Waals surface area (Å²) in [5.41, 5.74) is 1.08. The van der Waals surface area contributed by atoms with Crippen LogP contribution in [0.15, 0.2) is 30.5 Å². The smallest absolute Gasteiger partial charge is 0.317 e.